The Kier molecular flexibility index (Phi) is 9.40. The number of hydrogen-bond donors (Lipinski definition) is 3. The van der Waals surface area contributed by atoms with Gasteiger partial charge < -0.3 is 25.1 Å². The lowest BCUT2D eigenvalue weighted by Crippen LogP contribution is -2.52. The molecule has 2 aromatic carbocycles. The van der Waals surface area contributed by atoms with E-state index in [9.17, 15) is 14.4 Å². The summed E-state index contributed by atoms with van der Waals surface area (Å²) in [5.41, 5.74) is 2.66. The first kappa shape index (κ1) is 25.2. The van der Waals surface area contributed by atoms with E-state index in [4.69, 9.17) is 9.47 Å². The Bertz CT molecular complexity index is 1100. The number of carbonyl (C=O) groups excluding carboxylic acids is 3. The summed E-state index contributed by atoms with van der Waals surface area (Å²) < 4.78 is 10.2. The van der Waals surface area contributed by atoms with E-state index in [0.29, 0.717) is 12.2 Å². The second-order valence-corrected chi connectivity index (χ2v) is 8.67. The fourth-order valence-corrected chi connectivity index (χ4v) is 4.01. The number of ether oxygens (including phenoxy) is 2. The third-order valence-corrected chi connectivity index (χ3v) is 5.98. The summed E-state index contributed by atoms with van der Waals surface area (Å²) in [6, 6.07) is 15.2. The van der Waals surface area contributed by atoms with Gasteiger partial charge in [-0.05, 0) is 35.6 Å². The van der Waals surface area contributed by atoms with Crippen molar-refractivity contribution >= 4 is 40.6 Å². The number of fused-ring (bicyclic) bond motifs is 1. The number of aromatic amines is 1. The first-order valence-corrected chi connectivity index (χ1v) is 12.3. The largest absolute Gasteiger partial charge is 0.467 e. The van der Waals surface area contributed by atoms with Crippen LogP contribution in [0.3, 0.4) is 0 Å². The first-order valence-electron chi connectivity index (χ1n) is 10.9. The van der Waals surface area contributed by atoms with Gasteiger partial charge in [0.05, 0.1) is 7.11 Å². The molecule has 0 saturated carbocycles. The number of methoxy groups -OCH3 is 1. The van der Waals surface area contributed by atoms with Gasteiger partial charge in [-0.3, -0.25) is 4.79 Å². The maximum atomic E-state index is 13.1. The van der Waals surface area contributed by atoms with E-state index in [1.807, 2.05) is 67.0 Å². The number of nitrogens with one attached hydrogen (secondary N) is 3. The number of thioether (sulfide) groups is 1. The molecule has 0 radical (unpaired) electrons. The van der Waals surface area contributed by atoms with Crippen molar-refractivity contribution in [3.05, 3.63) is 71.9 Å². The van der Waals surface area contributed by atoms with Crippen molar-refractivity contribution in [1.82, 2.24) is 15.6 Å². The highest BCUT2D eigenvalue weighted by atomic mass is 32.2. The van der Waals surface area contributed by atoms with Crippen molar-refractivity contribution in [3.8, 4) is 0 Å². The standard InChI is InChI=1S/C25H29N3O5S/c1-32-24(30)22(14-18-15-26-20-11-7-6-10-19(18)20)27-23(29)21(12-13-34-2)28-25(31)33-16-17-8-4-3-5-9-17/h3-11,15,21-22,26H,12-14,16H2,1-2H3,(H,27,29)(H,28,31)/t21-,22+/m1/s1. The Morgan fingerprint density at radius 2 is 1.74 bits per heavy atom. The summed E-state index contributed by atoms with van der Waals surface area (Å²) in [6.45, 7) is 0.0922. The molecule has 1 heterocycles. The van der Waals surface area contributed by atoms with E-state index >= 15 is 0 Å². The number of rotatable bonds is 11. The molecule has 8 nitrogen and oxygen atoms in total. The summed E-state index contributed by atoms with van der Waals surface area (Å²) >= 11 is 1.55. The molecule has 0 fully saturated rings. The predicted octanol–water partition coefficient (Wildman–Crippen LogP) is 3.42. The highest BCUT2D eigenvalue weighted by Crippen LogP contribution is 2.19. The highest BCUT2D eigenvalue weighted by Gasteiger charge is 2.28. The van der Waals surface area contributed by atoms with Crippen LogP contribution in [0.1, 0.15) is 17.5 Å². The smallest absolute Gasteiger partial charge is 0.408 e. The van der Waals surface area contributed by atoms with E-state index < -0.39 is 30.1 Å². The lowest BCUT2D eigenvalue weighted by molar-refractivity contribution is -0.145. The van der Waals surface area contributed by atoms with Crippen LogP contribution in [-0.2, 0) is 32.1 Å². The summed E-state index contributed by atoms with van der Waals surface area (Å²) in [5.74, 6) is -0.391. The first-order chi connectivity index (χ1) is 16.5. The van der Waals surface area contributed by atoms with Crippen LogP contribution in [0.5, 0.6) is 0 Å². The normalized spacial score (nSPS) is 12.5. The molecule has 3 N–H and O–H groups in total. The highest BCUT2D eigenvalue weighted by molar-refractivity contribution is 7.98. The van der Waals surface area contributed by atoms with Gasteiger partial charge in [0.2, 0.25) is 5.91 Å². The average Bonchev–Trinajstić information content (AvgIpc) is 3.27. The molecule has 2 amide bonds. The van der Waals surface area contributed by atoms with Crippen molar-refractivity contribution in [2.45, 2.75) is 31.5 Å². The third kappa shape index (κ3) is 7.02. The number of amides is 2. The number of carbonyl (C=O) groups is 3. The number of aromatic nitrogens is 1. The van der Waals surface area contributed by atoms with Crippen molar-refractivity contribution in [2.24, 2.45) is 0 Å². The maximum absolute atomic E-state index is 13.1. The quantitative estimate of drug-likeness (QED) is 0.361. The minimum Gasteiger partial charge on any atom is -0.467 e. The number of hydrogen-bond acceptors (Lipinski definition) is 6. The number of esters is 1. The van der Waals surface area contributed by atoms with Gasteiger partial charge in [-0.1, -0.05) is 48.5 Å². The molecule has 0 aliphatic rings. The Hall–Kier alpha value is -3.46. The van der Waals surface area contributed by atoms with E-state index in [2.05, 4.69) is 15.6 Å². The molecule has 2 atom stereocenters. The molecule has 180 valence electrons. The lowest BCUT2D eigenvalue weighted by Gasteiger charge is -2.22. The van der Waals surface area contributed by atoms with Gasteiger partial charge in [0, 0.05) is 23.5 Å². The molecule has 9 heteroatoms. The molecular weight excluding hydrogens is 454 g/mol. The Morgan fingerprint density at radius 3 is 2.47 bits per heavy atom. The van der Waals surface area contributed by atoms with Crippen LogP contribution < -0.4 is 10.6 Å². The van der Waals surface area contributed by atoms with E-state index in [1.165, 1.54) is 7.11 Å². The molecule has 3 rings (SSSR count). The van der Waals surface area contributed by atoms with Gasteiger partial charge in [-0.2, -0.15) is 11.8 Å². The molecule has 34 heavy (non-hydrogen) atoms. The summed E-state index contributed by atoms with van der Waals surface area (Å²) in [6.07, 6.45) is 3.66. The van der Waals surface area contributed by atoms with Crippen molar-refractivity contribution < 1.29 is 23.9 Å². The Labute approximate surface area is 202 Å². The van der Waals surface area contributed by atoms with Crippen LogP contribution in [0.2, 0.25) is 0 Å². The fraction of sp³-hybridized carbons (Fsp3) is 0.320. The minimum absolute atomic E-state index is 0.0922. The van der Waals surface area contributed by atoms with Crippen molar-refractivity contribution in [1.29, 1.82) is 0 Å². The molecule has 0 aliphatic heterocycles. The van der Waals surface area contributed by atoms with E-state index in [-0.39, 0.29) is 13.0 Å². The van der Waals surface area contributed by atoms with Crippen LogP contribution in [0.4, 0.5) is 4.79 Å². The Balaban J connectivity index is 1.66. The second kappa shape index (κ2) is 12.7. The zero-order valence-electron chi connectivity index (χ0n) is 19.2. The number of alkyl carbamates (subject to hydrolysis) is 1. The van der Waals surface area contributed by atoms with Crippen LogP contribution in [0.15, 0.2) is 60.8 Å². The van der Waals surface area contributed by atoms with E-state index in [0.717, 1.165) is 22.0 Å². The van der Waals surface area contributed by atoms with Gasteiger partial charge in [0.1, 0.15) is 18.7 Å². The minimum atomic E-state index is -0.907. The van der Waals surface area contributed by atoms with Crippen LogP contribution in [0, 0.1) is 0 Å². The number of benzene rings is 2. The molecule has 0 unspecified atom stereocenters. The second-order valence-electron chi connectivity index (χ2n) is 7.69. The number of H-pyrrole nitrogens is 1. The SMILES string of the molecule is COC(=O)[C@H](Cc1c[nH]c2ccccc12)NC(=O)[C@@H](CCSC)NC(=O)OCc1ccccc1. The average molecular weight is 484 g/mol. The van der Waals surface area contributed by atoms with E-state index in [1.54, 1.807) is 11.8 Å². The zero-order valence-corrected chi connectivity index (χ0v) is 20.0. The Morgan fingerprint density at radius 1 is 1.00 bits per heavy atom. The monoisotopic (exact) mass is 483 g/mol. The molecular formula is C25H29N3O5S. The lowest BCUT2D eigenvalue weighted by atomic mass is 10.0. The van der Waals surface area contributed by atoms with Gasteiger partial charge in [-0.25, -0.2) is 9.59 Å². The fourth-order valence-electron chi connectivity index (χ4n) is 3.54. The third-order valence-electron chi connectivity index (χ3n) is 5.33. The summed E-state index contributed by atoms with van der Waals surface area (Å²) in [4.78, 5) is 41.1. The molecule has 0 aliphatic carbocycles. The molecule has 3 aromatic rings. The van der Waals surface area contributed by atoms with Crippen LogP contribution in [0.25, 0.3) is 10.9 Å². The topological polar surface area (TPSA) is 110 Å². The number of para-hydroxylation sites is 1. The van der Waals surface area contributed by atoms with Gasteiger partial charge in [0.15, 0.2) is 0 Å². The van der Waals surface area contributed by atoms with Crippen molar-refractivity contribution in [2.75, 3.05) is 19.1 Å². The molecule has 1 aromatic heterocycles. The summed E-state index contributed by atoms with van der Waals surface area (Å²) in [7, 11) is 1.28. The van der Waals surface area contributed by atoms with Crippen molar-refractivity contribution in [3.63, 3.8) is 0 Å². The molecule has 0 spiro atoms. The van der Waals surface area contributed by atoms with Crippen LogP contribution in [-0.4, -0.2) is 54.2 Å². The summed E-state index contributed by atoms with van der Waals surface area (Å²) in [5, 5.41) is 6.34. The molecule has 0 saturated heterocycles. The molecule has 0 bridgehead atoms. The predicted molar refractivity (Wildman–Crippen MR) is 132 cm³/mol. The van der Waals surface area contributed by atoms with Gasteiger partial charge in [0.25, 0.3) is 0 Å². The zero-order chi connectivity index (χ0) is 24.3. The van der Waals surface area contributed by atoms with Gasteiger partial charge >= 0.3 is 12.1 Å². The van der Waals surface area contributed by atoms with Gasteiger partial charge in [-0.15, -0.1) is 0 Å². The van der Waals surface area contributed by atoms with Crippen LogP contribution >= 0.6 is 11.8 Å². The maximum Gasteiger partial charge on any atom is 0.408 e.